The van der Waals surface area contributed by atoms with Gasteiger partial charge in [-0.25, -0.2) is 0 Å². The van der Waals surface area contributed by atoms with Gasteiger partial charge in [0, 0.05) is 14.0 Å². The first-order valence-electron chi connectivity index (χ1n) is 5.85. The smallest absolute Gasteiger partial charge is 0.308 e. The number of fused-ring (bicyclic) bond motifs is 1. The van der Waals surface area contributed by atoms with Crippen molar-refractivity contribution < 1.29 is 23.5 Å². The lowest BCUT2D eigenvalue weighted by molar-refractivity contribution is -0.132. The maximum atomic E-state index is 12.3. The van der Waals surface area contributed by atoms with Gasteiger partial charge in [0.05, 0.1) is 0 Å². The van der Waals surface area contributed by atoms with Gasteiger partial charge in [-0.15, -0.1) is 0 Å². The van der Waals surface area contributed by atoms with Gasteiger partial charge in [-0.2, -0.15) is 0 Å². The van der Waals surface area contributed by atoms with Crippen LogP contribution in [0.3, 0.4) is 0 Å². The van der Waals surface area contributed by atoms with Crippen LogP contribution in [-0.4, -0.2) is 19.0 Å². The minimum atomic E-state index is -0.833. The molecule has 0 saturated carbocycles. The van der Waals surface area contributed by atoms with Gasteiger partial charge in [0.25, 0.3) is 5.91 Å². The van der Waals surface area contributed by atoms with Gasteiger partial charge in [0.15, 0.2) is 17.7 Å². The third-order valence-electron chi connectivity index (χ3n) is 2.65. The Morgan fingerprint density at radius 3 is 2.65 bits per heavy atom. The molecule has 0 saturated heterocycles. The van der Waals surface area contributed by atoms with Crippen molar-refractivity contribution in [2.45, 2.75) is 20.1 Å². The third-order valence-corrected chi connectivity index (χ3v) is 2.65. The van der Waals surface area contributed by atoms with Gasteiger partial charge in [0.1, 0.15) is 5.56 Å². The summed E-state index contributed by atoms with van der Waals surface area (Å²) in [4.78, 5) is 35.1. The Labute approximate surface area is 114 Å². The lowest BCUT2D eigenvalue weighted by atomic mass is 10.2. The van der Waals surface area contributed by atoms with Crippen LogP contribution in [-0.2, 0) is 9.53 Å². The van der Waals surface area contributed by atoms with Gasteiger partial charge in [-0.1, -0.05) is 6.08 Å². The number of hydrogen-bond donors (Lipinski definition) is 1. The largest absolute Gasteiger partial charge is 0.452 e. The van der Waals surface area contributed by atoms with Crippen molar-refractivity contribution in [2.24, 2.45) is 0 Å². The number of carbonyl (C=O) groups excluding carboxylic acids is 2. The highest BCUT2D eigenvalue weighted by atomic mass is 16.5. The van der Waals surface area contributed by atoms with Crippen molar-refractivity contribution in [2.75, 3.05) is 7.11 Å². The topological polar surface area (TPSA) is 94.8 Å². The molecule has 7 nitrogen and oxygen atoms in total. The Morgan fingerprint density at radius 1 is 1.40 bits per heavy atom. The second-order valence-electron chi connectivity index (χ2n) is 4.05. The van der Waals surface area contributed by atoms with Crippen LogP contribution in [0.25, 0.3) is 6.08 Å². The van der Waals surface area contributed by atoms with E-state index in [0.29, 0.717) is 0 Å². The van der Waals surface area contributed by atoms with Crippen LogP contribution in [0.5, 0.6) is 5.75 Å². The quantitative estimate of drug-likeness (QED) is 0.829. The number of carbonyl (C=O) groups is 2. The molecule has 7 heteroatoms. The van der Waals surface area contributed by atoms with E-state index in [4.69, 9.17) is 13.9 Å². The van der Waals surface area contributed by atoms with Crippen molar-refractivity contribution in [3.8, 4) is 5.75 Å². The van der Waals surface area contributed by atoms with Crippen molar-refractivity contribution in [3.05, 3.63) is 33.4 Å². The summed E-state index contributed by atoms with van der Waals surface area (Å²) in [6.45, 7) is 2.87. The summed E-state index contributed by atoms with van der Waals surface area (Å²) in [5.74, 6) is -1.47. The van der Waals surface area contributed by atoms with Crippen LogP contribution in [0.2, 0.25) is 0 Å². The molecule has 1 aromatic rings. The zero-order valence-electron chi connectivity index (χ0n) is 11.2. The van der Waals surface area contributed by atoms with Crippen molar-refractivity contribution >= 4 is 18.0 Å². The number of allylic oxidation sites excluding steroid dienone is 1. The van der Waals surface area contributed by atoms with E-state index < -0.39 is 23.5 Å². The average Bonchev–Trinajstić information content (AvgIpc) is 2.70. The first kappa shape index (κ1) is 14.0. The Hall–Kier alpha value is -2.41. The summed E-state index contributed by atoms with van der Waals surface area (Å²) in [5.41, 5.74) is -0.909. The molecule has 1 aromatic heterocycles. The predicted molar refractivity (Wildman–Crippen MR) is 68.2 cm³/mol. The standard InChI is InChI=1S/C13H13NO6/c1-4-5-7-10(19-6(2)15)9(16)8-11(20-7)13(18-3)14-12(8)17/h4-5,13H,1-3H3,(H,14,17)/b5-4+/t13-/m1/s1. The summed E-state index contributed by atoms with van der Waals surface area (Å²) < 4.78 is 15.3. The molecule has 0 spiro atoms. The van der Waals surface area contributed by atoms with E-state index in [1.807, 2.05) is 0 Å². The van der Waals surface area contributed by atoms with Crippen LogP contribution < -0.4 is 15.5 Å². The molecule has 1 N–H and O–H groups in total. The van der Waals surface area contributed by atoms with Crippen LogP contribution in [0, 0.1) is 0 Å². The highest BCUT2D eigenvalue weighted by Gasteiger charge is 2.36. The van der Waals surface area contributed by atoms with Crippen molar-refractivity contribution in [3.63, 3.8) is 0 Å². The number of nitrogens with one attached hydrogen (secondary N) is 1. The zero-order valence-corrected chi connectivity index (χ0v) is 11.2. The van der Waals surface area contributed by atoms with Crippen molar-refractivity contribution in [1.82, 2.24) is 5.32 Å². The summed E-state index contributed by atoms with van der Waals surface area (Å²) in [6.07, 6.45) is 2.25. The second kappa shape index (κ2) is 5.30. The Morgan fingerprint density at radius 2 is 2.10 bits per heavy atom. The van der Waals surface area contributed by atoms with Gasteiger partial charge in [-0.05, 0) is 13.0 Å². The molecule has 0 radical (unpaired) electrons. The maximum Gasteiger partial charge on any atom is 0.308 e. The Bertz CT molecular complexity index is 658. The van der Waals surface area contributed by atoms with E-state index in [0.717, 1.165) is 6.92 Å². The fourth-order valence-corrected chi connectivity index (χ4v) is 1.88. The Kier molecular flexibility index (Phi) is 3.71. The first-order valence-corrected chi connectivity index (χ1v) is 5.85. The minimum absolute atomic E-state index is 0.0602. The number of hydrogen-bond acceptors (Lipinski definition) is 6. The fraction of sp³-hybridized carbons (Fsp3) is 0.308. The fourth-order valence-electron chi connectivity index (χ4n) is 1.88. The first-order chi connectivity index (χ1) is 9.49. The monoisotopic (exact) mass is 279 g/mol. The van der Waals surface area contributed by atoms with E-state index in [-0.39, 0.29) is 22.8 Å². The molecule has 0 unspecified atom stereocenters. The number of esters is 1. The van der Waals surface area contributed by atoms with E-state index in [9.17, 15) is 14.4 Å². The molecule has 1 aliphatic heterocycles. The molecule has 106 valence electrons. The second-order valence-corrected chi connectivity index (χ2v) is 4.05. The molecular weight excluding hydrogens is 266 g/mol. The molecule has 1 aliphatic rings. The predicted octanol–water partition coefficient (Wildman–Crippen LogP) is 0.987. The molecule has 1 atom stereocenters. The van der Waals surface area contributed by atoms with E-state index in [1.165, 1.54) is 13.2 Å². The van der Waals surface area contributed by atoms with Crippen LogP contribution >= 0.6 is 0 Å². The normalized spacial score (nSPS) is 17.1. The van der Waals surface area contributed by atoms with Crippen LogP contribution in [0.1, 0.15) is 42.0 Å². The summed E-state index contributed by atoms with van der Waals surface area (Å²) in [7, 11) is 1.37. The maximum absolute atomic E-state index is 12.3. The highest BCUT2D eigenvalue weighted by Crippen LogP contribution is 2.29. The lowest BCUT2D eigenvalue weighted by Crippen LogP contribution is -2.23. The summed E-state index contributed by atoms with van der Waals surface area (Å²) >= 11 is 0. The Balaban J connectivity index is 2.71. The molecule has 0 aromatic carbocycles. The van der Waals surface area contributed by atoms with Crippen LogP contribution in [0.4, 0.5) is 0 Å². The minimum Gasteiger partial charge on any atom is -0.452 e. The molecule has 0 aliphatic carbocycles. The zero-order chi connectivity index (χ0) is 14.9. The molecule has 2 rings (SSSR count). The number of amides is 1. The third kappa shape index (κ3) is 2.23. The number of methoxy groups -OCH3 is 1. The molecule has 0 bridgehead atoms. The van der Waals surface area contributed by atoms with Gasteiger partial charge >= 0.3 is 5.97 Å². The van der Waals surface area contributed by atoms with Gasteiger partial charge in [0.2, 0.25) is 11.2 Å². The SMILES string of the molecule is C/C=C/c1oc2c(c(=O)c1OC(C)=O)C(=O)N[C@@H]2OC. The molecular formula is C13H13NO6. The highest BCUT2D eigenvalue weighted by molar-refractivity contribution is 5.98. The van der Waals surface area contributed by atoms with E-state index in [1.54, 1.807) is 13.0 Å². The number of ether oxygens (including phenoxy) is 2. The lowest BCUT2D eigenvalue weighted by Gasteiger charge is -2.09. The van der Waals surface area contributed by atoms with E-state index >= 15 is 0 Å². The molecule has 20 heavy (non-hydrogen) atoms. The van der Waals surface area contributed by atoms with Gasteiger partial charge < -0.3 is 19.2 Å². The van der Waals surface area contributed by atoms with Gasteiger partial charge in [-0.3, -0.25) is 14.4 Å². The number of rotatable bonds is 3. The van der Waals surface area contributed by atoms with Crippen molar-refractivity contribution in [1.29, 1.82) is 0 Å². The van der Waals surface area contributed by atoms with Crippen LogP contribution in [0.15, 0.2) is 15.3 Å². The van der Waals surface area contributed by atoms with E-state index in [2.05, 4.69) is 5.32 Å². The molecule has 2 heterocycles. The average molecular weight is 279 g/mol. The summed E-state index contributed by atoms with van der Waals surface area (Å²) in [6, 6.07) is 0. The molecule has 1 amide bonds. The summed E-state index contributed by atoms with van der Waals surface area (Å²) in [5, 5.41) is 2.44. The molecule has 0 fully saturated rings.